The molecule has 0 aromatic rings. The van der Waals surface area contributed by atoms with Crippen molar-refractivity contribution in [2.45, 2.75) is 31.7 Å². The summed E-state index contributed by atoms with van der Waals surface area (Å²) in [6.07, 6.45) is -1.62. The Morgan fingerprint density at radius 3 is 1.89 bits per heavy atom. The lowest BCUT2D eigenvalue weighted by Gasteiger charge is -2.18. The van der Waals surface area contributed by atoms with E-state index in [1.807, 2.05) is 6.92 Å². The van der Waals surface area contributed by atoms with Crippen molar-refractivity contribution >= 4 is 0 Å². The highest BCUT2D eigenvalue weighted by molar-refractivity contribution is 4.73. The molecule has 4 nitrogen and oxygen atoms in total. The van der Waals surface area contributed by atoms with E-state index in [9.17, 15) is 0 Å². The summed E-state index contributed by atoms with van der Waals surface area (Å²) in [5.41, 5.74) is 10.3. The van der Waals surface area contributed by atoms with Crippen LogP contribution in [0.15, 0.2) is 0 Å². The average Bonchev–Trinajstić information content (AvgIpc) is 1.84. The summed E-state index contributed by atoms with van der Waals surface area (Å²) in [7, 11) is 0. The fourth-order valence-electron chi connectivity index (χ4n) is 0.495. The molecule has 0 heterocycles. The molecule has 0 fully saturated rings. The summed E-state index contributed by atoms with van der Waals surface area (Å²) in [4.78, 5) is 0. The van der Waals surface area contributed by atoms with Crippen LogP contribution in [0.4, 0.5) is 0 Å². The SMILES string of the molecule is CCC(N)C(O)C(N)O. The second-order valence-corrected chi connectivity index (χ2v) is 2.05. The highest BCUT2D eigenvalue weighted by atomic mass is 16.3. The van der Waals surface area contributed by atoms with Crippen LogP contribution in [-0.2, 0) is 0 Å². The molecule has 0 amide bonds. The van der Waals surface area contributed by atoms with Crippen LogP contribution in [0.1, 0.15) is 13.3 Å². The van der Waals surface area contributed by atoms with Crippen LogP contribution in [0.3, 0.4) is 0 Å². The van der Waals surface area contributed by atoms with E-state index in [1.54, 1.807) is 0 Å². The molecule has 6 N–H and O–H groups in total. The maximum Gasteiger partial charge on any atom is 0.130 e. The third-order valence-corrected chi connectivity index (χ3v) is 1.26. The molecule has 56 valence electrons. The monoisotopic (exact) mass is 134 g/mol. The first-order valence-corrected chi connectivity index (χ1v) is 2.97. The maximum atomic E-state index is 8.89. The molecule has 0 aliphatic rings. The van der Waals surface area contributed by atoms with E-state index in [0.29, 0.717) is 6.42 Å². The molecule has 0 aliphatic heterocycles. The number of rotatable bonds is 3. The van der Waals surface area contributed by atoms with E-state index in [0.717, 1.165) is 0 Å². The van der Waals surface area contributed by atoms with Crippen LogP contribution in [0, 0.1) is 0 Å². The third-order valence-electron chi connectivity index (χ3n) is 1.26. The molecule has 0 aromatic heterocycles. The van der Waals surface area contributed by atoms with Crippen molar-refractivity contribution in [3.8, 4) is 0 Å². The second-order valence-electron chi connectivity index (χ2n) is 2.05. The Kier molecular flexibility index (Phi) is 3.72. The molecule has 3 unspecified atom stereocenters. The van der Waals surface area contributed by atoms with Crippen molar-refractivity contribution < 1.29 is 10.2 Å². The summed E-state index contributed by atoms with van der Waals surface area (Å²) >= 11 is 0. The van der Waals surface area contributed by atoms with Crippen LogP contribution >= 0.6 is 0 Å². The first-order chi connectivity index (χ1) is 4.09. The fraction of sp³-hybridized carbons (Fsp3) is 1.00. The van der Waals surface area contributed by atoms with Gasteiger partial charge in [-0.05, 0) is 6.42 Å². The van der Waals surface area contributed by atoms with E-state index in [1.165, 1.54) is 0 Å². The first kappa shape index (κ1) is 8.84. The van der Waals surface area contributed by atoms with E-state index < -0.39 is 18.4 Å². The van der Waals surface area contributed by atoms with Crippen molar-refractivity contribution in [2.75, 3.05) is 0 Å². The number of hydrogen-bond donors (Lipinski definition) is 4. The van der Waals surface area contributed by atoms with Gasteiger partial charge in [0.2, 0.25) is 0 Å². The van der Waals surface area contributed by atoms with Crippen molar-refractivity contribution in [2.24, 2.45) is 11.5 Å². The highest BCUT2D eigenvalue weighted by Gasteiger charge is 2.17. The molecular weight excluding hydrogens is 120 g/mol. The largest absolute Gasteiger partial charge is 0.387 e. The minimum absolute atomic E-state index is 0.426. The molecule has 9 heavy (non-hydrogen) atoms. The topological polar surface area (TPSA) is 92.5 Å². The molecular formula is C5H14N2O2. The number of nitrogens with two attached hydrogens (primary N) is 2. The van der Waals surface area contributed by atoms with Gasteiger partial charge in [0.15, 0.2) is 0 Å². The molecule has 0 rings (SSSR count). The average molecular weight is 134 g/mol. The Morgan fingerprint density at radius 1 is 1.33 bits per heavy atom. The van der Waals surface area contributed by atoms with Crippen molar-refractivity contribution in [3.05, 3.63) is 0 Å². The molecule has 0 saturated heterocycles. The molecule has 0 saturated carbocycles. The quantitative estimate of drug-likeness (QED) is 0.348. The molecule has 0 bridgehead atoms. The molecule has 0 radical (unpaired) electrons. The predicted molar refractivity (Wildman–Crippen MR) is 34.5 cm³/mol. The Balaban J connectivity index is 3.58. The van der Waals surface area contributed by atoms with Crippen LogP contribution in [0.5, 0.6) is 0 Å². The van der Waals surface area contributed by atoms with Gasteiger partial charge in [0.05, 0.1) is 0 Å². The molecule has 0 spiro atoms. The molecule has 0 aromatic carbocycles. The van der Waals surface area contributed by atoms with E-state index in [-0.39, 0.29) is 0 Å². The highest BCUT2D eigenvalue weighted by Crippen LogP contribution is 1.95. The van der Waals surface area contributed by atoms with Gasteiger partial charge in [0.25, 0.3) is 0 Å². The Labute approximate surface area is 54.5 Å². The van der Waals surface area contributed by atoms with Crippen molar-refractivity contribution in [1.82, 2.24) is 0 Å². The maximum absolute atomic E-state index is 8.89. The van der Waals surface area contributed by atoms with E-state index in [2.05, 4.69) is 0 Å². The molecule has 3 atom stereocenters. The van der Waals surface area contributed by atoms with Gasteiger partial charge in [-0.15, -0.1) is 0 Å². The Hall–Kier alpha value is -0.160. The zero-order valence-electron chi connectivity index (χ0n) is 5.49. The van der Waals surface area contributed by atoms with Gasteiger partial charge < -0.3 is 21.7 Å². The summed E-state index contributed by atoms with van der Waals surface area (Å²) in [5.74, 6) is 0. The van der Waals surface area contributed by atoms with Crippen molar-refractivity contribution in [3.63, 3.8) is 0 Å². The lowest BCUT2D eigenvalue weighted by Crippen LogP contribution is -2.46. The fourth-order valence-corrected chi connectivity index (χ4v) is 0.495. The zero-order valence-corrected chi connectivity index (χ0v) is 5.49. The minimum atomic E-state index is -1.22. The lowest BCUT2D eigenvalue weighted by molar-refractivity contribution is 0.00741. The van der Waals surface area contributed by atoms with Gasteiger partial charge in [0, 0.05) is 6.04 Å². The summed E-state index contributed by atoms with van der Waals surface area (Å²) in [6, 6.07) is -0.426. The van der Waals surface area contributed by atoms with Gasteiger partial charge in [-0.3, -0.25) is 0 Å². The summed E-state index contributed by atoms with van der Waals surface area (Å²) in [6.45, 7) is 1.82. The Bertz CT molecular complexity index is 77.4. The van der Waals surface area contributed by atoms with E-state index in [4.69, 9.17) is 21.7 Å². The summed E-state index contributed by atoms with van der Waals surface area (Å²) in [5, 5.41) is 17.5. The molecule has 0 aliphatic carbocycles. The van der Waals surface area contributed by atoms with Gasteiger partial charge >= 0.3 is 0 Å². The van der Waals surface area contributed by atoms with Gasteiger partial charge in [0.1, 0.15) is 12.3 Å². The van der Waals surface area contributed by atoms with Crippen LogP contribution < -0.4 is 11.5 Å². The van der Waals surface area contributed by atoms with Gasteiger partial charge in [-0.1, -0.05) is 6.92 Å². The van der Waals surface area contributed by atoms with Crippen LogP contribution in [-0.4, -0.2) is 28.6 Å². The standard InChI is InChI=1S/C5H14N2O2/c1-2-3(6)4(8)5(7)9/h3-5,8-9H,2,6-7H2,1H3. The smallest absolute Gasteiger partial charge is 0.130 e. The molecule has 4 heteroatoms. The number of hydrogen-bond acceptors (Lipinski definition) is 4. The lowest BCUT2D eigenvalue weighted by atomic mass is 10.1. The second kappa shape index (κ2) is 3.79. The zero-order chi connectivity index (χ0) is 7.44. The first-order valence-electron chi connectivity index (χ1n) is 2.97. The van der Waals surface area contributed by atoms with E-state index >= 15 is 0 Å². The van der Waals surface area contributed by atoms with Crippen LogP contribution in [0.2, 0.25) is 0 Å². The van der Waals surface area contributed by atoms with Crippen LogP contribution in [0.25, 0.3) is 0 Å². The Morgan fingerprint density at radius 2 is 1.78 bits per heavy atom. The third kappa shape index (κ3) is 2.76. The number of aliphatic hydroxyl groups is 2. The van der Waals surface area contributed by atoms with Gasteiger partial charge in [-0.25, -0.2) is 0 Å². The minimum Gasteiger partial charge on any atom is -0.387 e. The predicted octanol–water partition coefficient (Wildman–Crippen LogP) is -1.64. The normalized spacial score (nSPS) is 21.0. The van der Waals surface area contributed by atoms with Gasteiger partial charge in [-0.2, -0.15) is 0 Å². The number of aliphatic hydroxyl groups excluding tert-OH is 2. The summed E-state index contributed by atoms with van der Waals surface area (Å²) < 4.78 is 0. The van der Waals surface area contributed by atoms with Crippen molar-refractivity contribution in [1.29, 1.82) is 0 Å².